The molecular weight excluding hydrogens is 681 g/mol. The summed E-state index contributed by atoms with van der Waals surface area (Å²) in [5.41, 5.74) is 8.45. The summed E-state index contributed by atoms with van der Waals surface area (Å²) in [4.78, 5) is 76.6. The molecule has 5 heterocycles. The van der Waals surface area contributed by atoms with E-state index in [0.29, 0.717) is 17.0 Å². The van der Waals surface area contributed by atoms with Crippen LogP contribution in [0.4, 0.5) is 11.4 Å². The third-order valence-electron chi connectivity index (χ3n) is 12.7. The molecule has 4 aromatic rings. The van der Waals surface area contributed by atoms with E-state index in [1.165, 1.54) is 11.3 Å². The third-order valence-corrected chi connectivity index (χ3v) is 12.7. The van der Waals surface area contributed by atoms with Crippen molar-refractivity contribution in [3.05, 3.63) is 93.7 Å². The van der Waals surface area contributed by atoms with E-state index < -0.39 is 23.8 Å². The highest BCUT2D eigenvalue weighted by Crippen LogP contribution is 2.46. The van der Waals surface area contributed by atoms with Gasteiger partial charge in [-0.1, -0.05) is 39.0 Å². The fraction of sp³-hybridized carbons (Fsp3) is 0.419. The summed E-state index contributed by atoms with van der Waals surface area (Å²) in [5, 5.41) is 3.25. The Bertz CT molecular complexity index is 2260. The van der Waals surface area contributed by atoms with Crippen LogP contribution in [0.25, 0.3) is 10.9 Å². The summed E-state index contributed by atoms with van der Waals surface area (Å²) in [5.74, 6) is -1.22. The number of carbonyl (C=O) groups is 5. The lowest BCUT2D eigenvalue weighted by molar-refractivity contribution is -0.136. The van der Waals surface area contributed by atoms with Crippen LogP contribution in [0.2, 0.25) is 0 Å². The van der Waals surface area contributed by atoms with Crippen LogP contribution >= 0.6 is 0 Å². The molecule has 3 saturated heterocycles. The van der Waals surface area contributed by atoms with Gasteiger partial charge in [0.2, 0.25) is 11.8 Å². The second kappa shape index (κ2) is 12.9. The summed E-state index contributed by atoms with van der Waals surface area (Å²) in [7, 11) is 0. The van der Waals surface area contributed by atoms with Crippen LogP contribution in [0.1, 0.15) is 99.9 Å². The van der Waals surface area contributed by atoms with Gasteiger partial charge in [-0.2, -0.15) is 0 Å². The number of hydrogen-bond donors (Lipinski definition) is 2. The van der Waals surface area contributed by atoms with E-state index in [0.717, 1.165) is 109 Å². The Balaban J connectivity index is 0.830. The molecule has 11 nitrogen and oxygen atoms in total. The summed E-state index contributed by atoms with van der Waals surface area (Å²) in [6.45, 7) is 13.1. The number of benzene rings is 3. The first-order chi connectivity index (χ1) is 26.0. The predicted octanol–water partition coefficient (Wildman–Crippen LogP) is 5.04. The zero-order chi connectivity index (χ0) is 37.5. The second-order valence-electron chi connectivity index (χ2n) is 16.1. The van der Waals surface area contributed by atoms with Crippen molar-refractivity contribution in [2.24, 2.45) is 5.92 Å². The number of H-pyrrole nitrogens is 1. The summed E-state index contributed by atoms with van der Waals surface area (Å²) >= 11 is 0. The van der Waals surface area contributed by atoms with Crippen molar-refractivity contribution in [1.82, 2.24) is 20.1 Å². The highest BCUT2D eigenvalue weighted by Gasteiger charge is 2.45. The Morgan fingerprint density at radius 1 is 0.778 bits per heavy atom. The largest absolute Gasteiger partial charge is 0.371 e. The van der Waals surface area contributed by atoms with Crippen molar-refractivity contribution in [3.63, 3.8) is 0 Å². The second-order valence-corrected chi connectivity index (χ2v) is 16.1. The number of piperazine rings is 1. The van der Waals surface area contributed by atoms with Gasteiger partial charge in [0.25, 0.3) is 11.8 Å². The molecule has 5 aliphatic rings. The molecule has 4 aliphatic heterocycles. The lowest BCUT2D eigenvalue weighted by Crippen LogP contribution is -2.54. The number of para-hydroxylation sites is 1. The molecule has 0 spiro atoms. The maximum Gasteiger partial charge on any atom is 0.262 e. The molecule has 3 aromatic carbocycles. The maximum absolute atomic E-state index is 14.0. The minimum absolute atomic E-state index is 0.0995. The van der Waals surface area contributed by atoms with Gasteiger partial charge in [-0.3, -0.25) is 39.1 Å². The van der Waals surface area contributed by atoms with E-state index in [2.05, 4.69) is 64.0 Å². The molecule has 0 radical (unpaired) electrons. The van der Waals surface area contributed by atoms with E-state index in [9.17, 15) is 24.0 Å². The minimum atomic E-state index is -0.965. The summed E-state index contributed by atoms with van der Waals surface area (Å²) in [6, 6.07) is 17.0. The standard InChI is InChI=1S/C43H46N6O5/c1-4-26-21-31-32(43(2,3)39-37(38(31)51)29-7-5-6-8-33(29)44-39)23-35(26)48-15-13-25(14-16-48)24-46-17-19-47(20-18-46)27-9-10-28-30(22-27)42(54)49(41(28)53)34-11-12-36(50)45-40(34)52/h5-10,21-23,25,34,44H,4,11-20,24H2,1-3H3,(H,45,50,52). The first-order valence-electron chi connectivity index (χ1n) is 19.4. The Morgan fingerprint density at radius 2 is 1.52 bits per heavy atom. The molecule has 1 unspecified atom stereocenters. The Labute approximate surface area is 314 Å². The average molecular weight is 727 g/mol. The van der Waals surface area contributed by atoms with Crippen molar-refractivity contribution in [3.8, 4) is 0 Å². The van der Waals surface area contributed by atoms with E-state index in [-0.39, 0.29) is 29.9 Å². The number of amides is 4. The zero-order valence-corrected chi connectivity index (χ0v) is 31.2. The molecule has 1 aromatic heterocycles. The van der Waals surface area contributed by atoms with Gasteiger partial charge in [0.1, 0.15) is 6.04 Å². The zero-order valence-electron chi connectivity index (χ0n) is 31.2. The molecule has 278 valence electrons. The fourth-order valence-electron chi connectivity index (χ4n) is 9.60. The molecule has 1 aliphatic carbocycles. The highest BCUT2D eigenvalue weighted by molar-refractivity contribution is 6.24. The first kappa shape index (κ1) is 34.5. The Hall–Kier alpha value is -5.29. The smallest absolute Gasteiger partial charge is 0.262 e. The number of carbonyl (C=O) groups excluding carboxylic acids is 5. The number of fused-ring (bicyclic) bond motifs is 5. The number of ketones is 1. The van der Waals surface area contributed by atoms with Gasteiger partial charge in [-0.05, 0) is 79.1 Å². The Morgan fingerprint density at radius 3 is 2.26 bits per heavy atom. The van der Waals surface area contributed by atoms with Crippen LogP contribution in [-0.4, -0.2) is 96.1 Å². The predicted molar refractivity (Wildman–Crippen MR) is 206 cm³/mol. The molecule has 3 fully saturated rings. The molecule has 1 atom stereocenters. The maximum atomic E-state index is 14.0. The fourth-order valence-corrected chi connectivity index (χ4v) is 9.60. The SMILES string of the molecule is CCc1cc2c(cc1N1CCC(CN3CCN(c4ccc5c(c4)C(=O)N(C4CCC(=O)NC4=O)C5=O)CC3)CC1)C(C)(C)c1[nH]c3ccccc3c1C2=O. The number of hydrogen-bond acceptors (Lipinski definition) is 8. The molecule has 54 heavy (non-hydrogen) atoms. The van der Waals surface area contributed by atoms with Gasteiger partial charge in [0, 0.05) is 91.2 Å². The van der Waals surface area contributed by atoms with E-state index in [1.54, 1.807) is 12.1 Å². The van der Waals surface area contributed by atoms with Crippen molar-refractivity contribution in [1.29, 1.82) is 0 Å². The molecular formula is C43H46N6O5. The van der Waals surface area contributed by atoms with Crippen molar-refractivity contribution in [2.75, 3.05) is 55.6 Å². The monoisotopic (exact) mass is 726 g/mol. The van der Waals surface area contributed by atoms with Crippen molar-refractivity contribution in [2.45, 2.75) is 64.3 Å². The molecule has 4 amide bonds. The van der Waals surface area contributed by atoms with E-state index in [1.807, 2.05) is 24.3 Å². The number of anilines is 2. The van der Waals surface area contributed by atoms with Gasteiger partial charge in [0.15, 0.2) is 5.78 Å². The van der Waals surface area contributed by atoms with Gasteiger partial charge in [0.05, 0.1) is 16.7 Å². The van der Waals surface area contributed by atoms with Gasteiger partial charge < -0.3 is 14.8 Å². The normalized spacial score (nSPS) is 21.8. The highest BCUT2D eigenvalue weighted by atomic mass is 16.2. The van der Waals surface area contributed by atoms with Gasteiger partial charge in [-0.25, -0.2) is 0 Å². The minimum Gasteiger partial charge on any atom is -0.371 e. The van der Waals surface area contributed by atoms with Crippen LogP contribution in [0.15, 0.2) is 54.6 Å². The lowest BCUT2D eigenvalue weighted by atomic mass is 9.70. The van der Waals surface area contributed by atoms with Gasteiger partial charge in [-0.15, -0.1) is 0 Å². The number of imide groups is 2. The number of rotatable bonds is 6. The number of aromatic amines is 1. The average Bonchev–Trinajstić information content (AvgIpc) is 3.69. The topological polar surface area (TPSA) is 126 Å². The van der Waals surface area contributed by atoms with Gasteiger partial charge >= 0.3 is 0 Å². The quantitative estimate of drug-likeness (QED) is 0.265. The van der Waals surface area contributed by atoms with Crippen LogP contribution in [-0.2, 0) is 21.4 Å². The number of nitrogens with one attached hydrogen (secondary N) is 2. The van der Waals surface area contributed by atoms with Crippen LogP contribution < -0.4 is 15.1 Å². The van der Waals surface area contributed by atoms with Crippen molar-refractivity contribution >= 4 is 51.7 Å². The number of aryl methyl sites for hydroxylation is 1. The Kier molecular flexibility index (Phi) is 8.26. The van der Waals surface area contributed by atoms with Crippen LogP contribution in [0.3, 0.4) is 0 Å². The molecule has 11 heteroatoms. The molecule has 0 saturated carbocycles. The van der Waals surface area contributed by atoms with E-state index in [4.69, 9.17) is 0 Å². The van der Waals surface area contributed by atoms with E-state index >= 15 is 0 Å². The summed E-state index contributed by atoms with van der Waals surface area (Å²) < 4.78 is 0. The molecule has 0 bridgehead atoms. The van der Waals surface area contributed by atoms with Crippen LogP contribution in [0, 0.1) is 5.92 Å². The number of piperidine rings is 2. The third kappa shape index (κ3) is 5.46. The number of nitrogens with zero attached hydrogens (tertiary/aromatic N) is 4. The molecule has 2 N–H and O–H groups in total. The van der Waals surface area contributed by atoms with Crippen LogP contribution in [0.5, 0.6) is 0 Å². The first-order valence-corrected chi connectivity index (χ1v) is 19.4. The van der Waals surface area contributed by atoms with Crippen molar-refractivity contribution < 1.29 is 24.0 Å². The number of aromatic nitrogens is 1. The summed E-state index contributed by atoms with van der Waals surface area (Å²) in [6.07, 6.45) is 3.33. The molecule has 9 rings (SSSR count). The lowest BCUT2D eigenvalue weighted by Gasteiger charge is -2.41.